The Bertz CT molecular complexity index is 1080. The minimum Gasteiger partial charge on any atom is -0.294 e. The number of hydrogen-bond donors (Lipinski definition) is 0. The lowest BCUT2D eigenvalue weighted by molar-refractivity contribution is -0.384. The molecule has 0 fully saturated rings. The maximum Gasteiger partial charge on any atom is 0.269 e. The van der Waals surface area contributed by atoms with Crippen molar-refractivity contribution in [3.05, 3.63) is 79.5 Å². The second kappa shape index (κ2) is 7.61. The number of benzene rings is 2. The number of nitrogens with zero attached hydrogens (tertiary/aromatic N) is 2. The van der Waals surface area contributed by atoms with E-state index in [0.29, 0.717) is 46.8 Å². The number of ketones is 1. The third-order valence-corrected chi connectivity index (χ3v) is 6.14. The molecule has 0 N–H and O–H groups in total. The first-order valence-corrected chi connectivity index (χ1v) is 9.91. The normalized spacial score (nSPS) is 19.4. The average Bonchev–Trinajstić information content (AvgIpc) is 2.70. The lowest BCUT2D eigenvalue weighted by Gasteiger charge is -2.38. The van der Waals surface area contributed by atoms with E-state index in [4.69, 9.17) is 23.2 Å². The van der Waals surface area contributed by atoms with Gasteiger partial charge in [0.05, 0.1) is 20.7 Å². The molecule has 2 aromatic rings. The number of allylic oxidation sites excluding steroid dienone is 2. The van der Waals surface area contributed by atoms with Crippen molar-refractivity contribution in [3.8, 4) is 0 Å². The van der Waals surface area contributed by atoms with Gasteiger partial charge in [0.15, 0.2) is 5.78 Å². The van der Waals surface area contributed by atoms with Gasteiger partial charge < -0.3 is 0 Å². The molecular weight excluding hydrogens is 415 g/mol. The van der Waals surface area contributed by atoms with Gasteiger partial charge in [-0.3, -0.25) is 24.6 Å². The van der Waals surface area contributed by atoms with Crippen molar-refractivity contribution < 1.29 is 14.5 Å². The molecule has 1 heterocycles. The Morgan fingerprint density at radius 1 is 1.07 bits per heavy atom. The third-order valence-electron chi connectivity index (χ3n) is 5.33. The van der Waals surface area contributed by atoms with Crippen LogP contribution in [0.1, 0.15) is 37.2 Å². The molecule has 8 heteroatoms. The van der Waals surface area contributed by atoms with Gasteiger partial charge in [-0.15, -0.1) is 0 Å². The van der Waals surface area contributed by atoms with Gasteiger partial charge in [-0.2, -0.15) is 0 Å². The number of hydrogen-bond acceptors (Lipinski definition) is 4. The highest BCUT2D eigenvalue weighted by Crippen LogP contribution is 2.46. The molecule has 148 valence electrons. The molecule has 0 aromatic heterocycles. The number of halogens is 2. The standard InChI is InChI=1S/C21H16Cl2N2O4/c22-15-6-2-8-17(21(15)23)24-16-7-3-9-18(26)20(16)14(11-19(24)27)12-4-1-5-13(10-12)25(28)29/h1-2,4-6,8,10,14H,3,7,9,11H2. The van der Waals surface area contributed by atoms with Crippen LogP contribution in [0.3, 0.4) is 0 Å². The fourth-order valence-corrected chi connectivity index (χ4v) is 4.46. The number of Topliss-reactive ketones (excluding diaryl/α,β-unsaturated/α-hetero) is 1. The maximum atomic E-state index is 13.2. The van der Waals surface area contributed by atoms with Crippen molar-refractivity contribution in [3.63, 3.8) is 0 Å². The zero-order valence-corrected chi connectivity index (χ0v) is 16.7. The largest absolute Gasteiger partial charge is 0.294 e. The van der Waals surface area contributed by atoms with Gasteiger partial charge in [0, 0.05) is 42.2 Å². The predicted molar refractivity (Wildman–Crippen MR) is 110 cm³/mol. The van der Waals surface area contributed by atoms with Crippen molar-refractivity contribution in [1.29, 1.82) is 0 Å². The number of non-ortho nitro benzene ring substituents is 1. The summed E-state index contributed by atoms with van der Waals surface area (Å²) in [4.78, 5) is 38.2. The van der Waals surface area contributed by atoms with Crippen molar-refractivity contribution in [2.45, 2.75) is 31.6 Å². The molecule has 0 saturated heterocycles. The van der Waals surface area contributed by atoms with Gasteiger partial charge >= 0.3 is 0 Å². The van der Waals surface area contributed by atoms with Crippen LogP contribution in [0.5, 0.6) is 0 Å². The molecule has 4 rings (SSSR count). The van der Waals surface area contributed by atoms with Gasteiger partial charge in [-0.05, 0) is 30.5 Å². The summed E-state index contributed by atoms with van der Waals surface area (Å²) in [6.07, 6.45) is 1.58. The molecule has 29 heavy (non-hydrogen) atoms. The summed E-state index contributed by atoms with van der Waals surface area (Å²) in [5.41, 5.74) is 2.11. The molecule has 2 aromatic carbocycles. The number of carbonyl (C=O) groups is 2. The molecule has 2 aliphatic rings. The molecule has 1 aliphatic heterocycles. The number of nitro groups is 1. The summed E-state index contributed by atoms with van der Waals surface area (Å²) in [5.74, 6) is -0.781. The quantitative estimate of drug-likeness (QED) is 0.480. The van der Waals surface area contributed by atoms with Crippen LogP contribution in [0.4, 0.5) is 11.4 Å². The number of carbonyl (C=O) groups excluding carboxylic acids is 2. The fourth-order valence-electron chi connectivity index (χ4n) is 4.08. The van der Waals surface area contributed by atoms with E-state index in [1.807, 2.05) is 0 Å². The van der Waals surface area contributed by atoms with E-state index in [2.05, 4.69) is 0 Å². The molecule has 0 bridgehead atoms. The first kappa shape index (κ1) is 19.6. The summed E-state index contributed by atoms with van der Waals surface area (Å²) in [6.45, 7) is 0. The van der Waals surface area contributed by atoms with E-state index in [-0.39, 0.29) is 28.8 Å². The van der Waals surface area contributed by atoms with Gasteiger partial charge in [0.25, 0.3) is 5.69 Å². The van der Waals surface area contributed by atoms with Gasteiger partial charge in [0.2, 0.25) is 5.91 Å². The third kappa shape index (κ3) is 3.43. The maximum absolute atomic E-state index is 13.2. The first-order chi connectivity index (χ1) is 13.9. The highest BCUT2D eigenvalue weighted by molar-refractivity contribution is 6.44. The lowest BCUT2D eigenvalue weighted by atomic mass is 9.77. The highest BCUT2D eigenvalue weighted by Gasteiger charge is 2.40. The number of rotatable bonds is 3. The lowest BCUT2D eigenvalue weighted by Crippen LogP contribution is -2.40. The van der Waals surface area contributed by atoms with Crippen molar-refractivity contribution in [2.24, 2.45) is 0 Å². The second-order valence-electron chi connectivity index (χ2n) is 7.05. The monoisotopic (exact) mass is 430 g/mol. The Hall–Kier alpha value is -2.70. The zero-order valence-electron chi connectivity index (χ0n) is 15.2. The zero-order chi connectivity index (χ0) is 20.7. The minimum atomic E-state index is -0.514. The Morgan fingerprint density at radius 3 is 2.59 bits per heavy atom. The summed E-state index contributed by atoms with van der Waals surface area (Å²) >= 11 is 12.5. The van der Waals surface area contributed by atoms with Crippen LogP contribution in [0, 0.1) is 10.1 Å². The van der Waals surface area contributed by atoms with E-state index in [9.17, 15) is 19.7 Å². The van der Waals surface area contributed by atoms with Crippen molar-refractivity contribution >= 4 is 46.3 Å². The van der Waals surface area contributed by atoms with E-state index in [1.54, 1.807) is 30.3 Å². The summed E-state index contributed by atoms with van der Waals surface area (Å²) in [6, 6.07) is 11.2. The summed E-state index contributed by atoms with van der Waals surface area (Å²) in [5, 5.41) is 11.8. The average molecular weight is 431 g/mol. The van der Waals surface area contributed by atoms with Gasteiger partial charge in [-0.25, -0.2) is 0 Å². The van der Waals surface area contributed by atoms with E-state index >= 15 is 0 Å². The topological polar surface area (TPSA) is 80.5 Å². The number of nitro benzene ring substituents is 1. The fraction of sp³-hybridized carbons (Fsp3) is 0.238. The van der Waals surface area contributed by atoms with E-state index in [1.165, 1.54) is 17.0 Å². The second-order valence-corrected chi connectivity index (χ2v) is 7.83. The molecular formula is C21H16Cl2N2O4. The summed E-state index contributed by atoms with van der Waals surface area (Å²) < 4.78 is 0. The highest BCUT2D eigenvalue weighted by atomic mass is 35.5. The SMILES string of the molecule is O=C1CCCC2=C1C(c1cccc([N+](=O)[O-])c1)CC(=O)N2c1cccc(Cl)c1Cl. The van der Waals surface area contributed by atoms with Crippen LogP contribution in [0.25, 0.3) is 0 Å². The van der Waals surface area contributed by atoms with Crippen LogP contribution in [0.15, 0.2) is 53.7 Å². The molecule has 1 atom stereocenters. The predicted octanol–water partition coefficient (Wildman–Crippen LogP) is 5.43. The molecule has 0 radical (unpaired) electrons. The Balaban J connectivity index is 1.88. The van der Waals surface area contributed by atoms with Crippen LogP contribution in [-0.4, -0.2) is 16.6 Å². The van der Waals surface area contributed by atoms with Gasteiger partial charge in [0.1, 0.15) is 0 Å². The van der Waals surface area contributed by atoms with E-state index < -0.39 is 10.8 Å². The Labute approximate surface area is 176 Å². The smallest absolute Gasteiger partial charge is 0.269 e. The first-order valence-electron chi connectivity index (χ1n) is 9.16. The molecule has 0 spiro atoms. The van der Waals surface area contributed by atoms with Gasteiger partial charge in [-0.1, -0.05) is 41.4 Å². The number of amides is 1. The minimum absolute atomic E-state index is 0.0224. The summed E-state index contributed by atoms with van der Waals surface area (Å²) in [7, 11) is 0. The van der Waals surface area contributed by atoms with Crippen molar-refractivity contribution in [2.75, 3.05) is 4.90 Å². The molecule has 1 aliphatic carbocycles. The Kier molecular flexibility index (Phi) is 5.15. The van der Waals surface area contributed by atoms with Crippen LogP contribution in [0.2, 0.25) is 10.0 Å². The Morgan fingerprint density at radius 2 is 1.83 bits per heavy atom. The molecule has 1 amide bonds. The van der Waals surface area contributed by atoms with Crippen molar-refractivity contribution in [1.82, 2.24) is 0 Å². The van der Waals surface area contributed by atoms with Crippen LogP contribution in [-0.2, 0) is 9.59 Å². The van der Waals surface area contributed by atoms with E-state index in [0.717, 1.165) is 0 Å². The number of anilines is 1. The molecule has 1 unspecified atom stereocenters. The van der Waals surface area contributed by atoms with Crippen LogP contribution >= 0.6 is 23.2 Å². The molecule has 0 saturated carbocycles. The van der Waals surface area contributed by atoms with Crippen LogP contribution < -0.4 is 4.90 Å². The molecule has 6 nitrogen and oxygen atoms in total.